The molecule has 0 fully saturated rings. The van der Waals surface area contributed by atoms with Gasteiger partial charge in [0, 0.05) is 22.4 Å². The molecule has 0 radical (unpaired) electrons. The van der Waals surface area contributed by atoms with E-state index in [1.165, 1.54) is 12.4 Å². The summed E-state index contributed by atoms with van der Waals surface area (Å²) in [5, 5.41) is 8.06. The molecule has 5 aromatic rings. The van der Waals surface area contributed by atoms with Crippen LogP contribution in [-0.4, -0.2) is 27.4 Å². The predicted molar refractivity (Wildman–Crippen MR) is 146 cm³/mol. The summed E-state index contributed by atoms with van der Waals surface area (Å²) >= 11 is 5.94. The average molecular weight is 516 g/mol. The Hall–Kier alpha value is -4.34. The van der Waals surface area contributed by atoms with Gasteiger partial charge in [-0.3, -0.25) is 4.79 Å². The van der Waals surface area contributed by atoms with Crippen molar-refractivity contribution < 1.29 is 9.18 Å². The molecule has 8 nitrogen and oxygen atoms in total. The Morgan fingerprint density at radius 2 is 1.89 bits per heavy atom. The number of nitrogens with two attached hydrogens (primary N) is 2. The normalized spacial score (nSPS) is 11.1. The first kappa shape index (κ1) is 24.4. The number of nitrogens with zero attached hydrogens (tertiary/aromatic N) is 3. The summed E-state index contributed by atoms with van der Waals surface area (Å²) in [5.74, 6) is -0.224. The summed E-state index contributed by atoms with van der Waals surface area (Å²) < 4.78 is 14.5. The van der Waals surface area contributed by atoms with Gasteiger partial charge in [-0.1, -0.05) is 29.8 Å². The lowest BCUT2D eigenvalue weighted by molar-refractivity contribution is 0.102. The monoisotopic (exact) mass is 515 g/mol. The molecule has 0 bridgehead atoms. The second kappa shape index (κ2) is 9.96. The van der Waals surface area contributed by atoms with Gasteiger partial charge in [-0.25, -0.2) is 19.3 Å². The Morgan fingerprint density at radius 1 is 1.05 bits per heavy atom. The minimum absolute atomic E-state index is 0.00238. The van der Waals surface area contributed by atoms with E-state index < -0.39 is 5.82 Å². The minimum Gasteiger partial charge on any atom is -0.383 e. The number of amides is 1. The van der Waals surface area contributed by atoms with Gasteiger partial charge in [-0.2, -0.15) is 0 Å². The van der Waals surface area contributed by atoms with Crippen molar-refractivity contribution in [2.75, 3.05) is 22.9 Å². The Labute approximate surface area is 216 Å². The molecule has 0 atom stereocenters. The molecule has 0 unspecified atom stereocenters. The van der Waals surface area contributed by atoms with E-state index >= 15 is 0 Å². The zero-order valence-electron chi connectivity index (χ0n) is 19.8. The highest BCUT2D eigenvalue weighted by Crippen LogP contribution is 2.34. The Morgan fingerprint density at radius 3 is 2.70 bits per heavy atom. The zero-order valence-corrected chi connectivity index (χ0v) is 20.6. The molecule has 2 aromatic heterocycles. The van der Waals surface area contributed by atoms with Crippen LogP contribution < -0.4 is 22.1 Å². The lowest BCUT2D eigenvalue weighted by atomic mass is 10.0. The molecule has 0 aliphatic rings. The molecule has 5 rings (SSSR count). The molecule has 0 saturated heterocycles. The number of nitrogens with one attached hydrogen (secondary N) is 2. The molecule has 0 saturated carbocycles. The molecule has 6 N–H and O–H groups in total. The van der Waals surface area contributed by atoms with Gasteiger partial charge in [0.25, 0.3) is 5.91 Å². The van der Waals surface area contributed by atoms with Gasteiger partial charge in [-0.05, 0) is 61.3 Å². The first-order valence-electron chi connectivity index (χ1n) is 11.5. The molecule has 10 heteroatoms. The molecule has 3 aromatic carbocycles. The largest absolute Gasteiger partial charge is 0.383 e. The van der Waals surface area contributed by atoms with Gasteiger partial charge in [0.2, 0.25) is 0 Å². The molecule has 37 heavy (non-hydrogen) atoms. The predicted octanol–water partition coefficient (Wildman–Crippen LogP) is 5.36. The van der Waals surface area contributed by atoms with E-state index in [2.05, 4.69) is 25.6 Å². The molecule has 0 spiro atoms. The van der Waals surface area contributed by atoms with Crippen molar-refractivity contribution >= 4 is 62.2 Å². The van der Waals surface area contributed by atoms with Gasteiger partial charge < -0.3 is 22.1 Å². The van der Waals surface area contributed by atoms with Crippen molar-refractivity contribution in [1.29, 1.82) is 0 Å². The van der Waals surface area contributed by atoms with Crippen molar-refractivity contribution in [3.05, 3.63) is 88.6 Å². The maximum Gasteiger partial charge on any atom is 0.257 e. The third-order valence-corrected chi connectivity index (χ3v) is 6.40. The van der Waals surface area contributed by atoms with Crippen LogP contribution >= 0.6 is 11.6 Å². The van der Waals surface area contributed by atoms with Crippen molar-refractivity contribution in [2.45, 2.75) is 13.3 Å². The van der Waals surface area contributed by atoms with E-state index in [0.29, 0.717) is 46.3 Å². The summed E-state index contributed by atoms with van der Waals surface area (Å²) in [6.07, 6.45) is 3.49. The number of aromatic nitrogens is 3. The highest BCUT2D eigenvalue weighted by Gasteiger charge is 2.18. The number of anilines is 4. The van der Waals surface area contributed by atoms with Crippen LogP contribution in [0.25, 0.3) is 21.7 Å². The van der Waals surface area contributed by atoms with Crippen LogP contribution in [0.4, 0.5) is 27.4 Å². The lowest BCUT2D eigenvalue weighted by Crippen LogP contribution is -2.15. The van der Waals surface area contributed by atoms with Crippen LogP contribution in [0.5, 0.6) is 0 Å². The number of rotatable bonds is 6. The van der Waals surface area contributed by atoms with Crippen molar-refractivity contribution in [3.8, 4) is 0 Å². The molecular formula is C27H23ClFN7O. The molecule has 0 aliphatic carbocycles. The third-order valence-electron chi connectivity index (χ3n) is 6.10. The van der Waals surface area contributed by atoms with E-state index in [9.17, 15) is 9.18 Å². The molecule has 0 aliphatic heterocycles. The van der Waals surface area contributed by atoms with Crippen LogP contribution in [0, 0.1) is 12.7 Å². The second-order valence-electron chi connectivity index (χ2n) is 8.53. The molecule has 2 heterocycles. The van der Waals surface area contributed by atoms with Crippen LogP contribution in [0.3, 0.4) is 0 Å². The van der Waals surface area contributed by atoms with Crippen LogP contribution in [-0.2, 0) is 6.42 Å². The van der Waals surface area contributed by atoms with Gasteiger partial charge in [0.1, 0.15) is 18.0 Å². The highest BCUT2D eigenvalue weighted by atomic mass is 35.5. The van der Waals surface area contributed by atoms with Gasteiger partial charge in [0.15, 0.2) is 5.82 Å². The maximum absolute atomic E-state index is 14.5. The summed E-state index contributed by atoms with van der Waals surface area (Å²) in [7, 11) is 0. The Bertz CT molecular complexity index is 1670. The van der Waals surface area contributed by atoms with E-state index in [1.54, 1.807) is 30.5 Å². The van der Waals surface area contributed by atoms with Crippen LogP contribution in [0.1, 0.15) is 21.5 Å². The van der Waals surface area contributed by atoms with Gasteiger partial charge in [0.05, 0.1) is 27.5 Å². The van der Waals surface area contributed by atoms with Gasteiger partial charge >= 0.3 is 0 Å². The maximum atomic E-state index is 14.5. The smallest absolute Gasteiger partial charge is 0.257 e. The third kappa shape index (κ3) is 4.62. The average Bonchev–Trinajstić information content (AvgIpc) is 2.89. The second-order valence-corrected chi connectivity index (χ2v) is 8.94. The van der Waals surface area contributed by atoms with Crippen LogP contribution in [0.2, 0.25) is 5.02 Å². The number of benzene rings is 3. The van der Waals surface area contributed by atoms with E-state index in [4.69, 9.17) is 23.1 Å². The fourth-order valence-corrected chi connectivity index (χ4v) is 4.44. The van der Waals surface area contributed by atoms with E-state index in [1.807, 2.05) is 25.1 Å². The summed E-state index contributed by atoms with van der Waals surface area (Å²) in [6.45, 7) is 2.31. The number of hydrogen-bond acceptors (Lipinski definition) is 7. The topological polar surface area (TPSA) is 132 Å². The quantitative estimate of drug-likeness (QED) is 0.239. The summed E-state index contributed by atoms with van der Waals surface area (Å²) in [6, 6.07) is 13.8. The van der Waals surface area contributed by atoms with Crippen LogP contribution in [0.15, 0.2) is 61.1 Å². The number of pyridine rings is 1. The fourth-order valence-electron chi connectivity index (χ4n) is 4.27. The minimum atomic E-state index is -0.575. The number of carbonyl (C=O) groups excluding carboxylic acids is 1. The Kier molecular flexibility index (Phi) is 6.56. The van der Waals surface area contributed by atoms with Crippen molar-refractivity contribution in [3.63, 3.8) is 0 Å². The molecular weight excluding hydrogens is 493 g/mol. The summed E-state index contributed by atoms with van der Waals surface area (Å²) in [4.78, 5) is 26.4. The lowest BCUT2D eigenvalue weighted by Gasteiger charge is -2.16. The fraction of sp³-hybridized carbons (Fsp3) is 0.111. The summed E-state index contributed by atoms with van der Waals surface area (Å²) in [5.41, 5.74) is 15.1. The first-order valence-corrected chi connectivity index (χ1v) is 11.9. The highest BCUT2D eigenvalue weighted by molar-refractivity contribution is 6.31. The first-order chi connectivity index (χ1) is 17.9. The standard InChI is InChI=1S/C27H23ClFN7O/c1-14-5-6-17-16(8-10-32-26(17)35-21-4-2-3-20(28)22(21)29)23(14)36-27(37)19-12-15(7-9-30)11-18-24(19)33-13-34-25(18)31/h2-6,8,10-13H,7,9,30H2,1H3,(H,32,35)(H,36,37)(H2,31,33,34). The van der Waals surface area contributed by atoms with Crippen molar-refractivity contribution in [1.82, 2.24) is 15.0 Å². The number of aryl methyl sites for hydroxylation is 1. The Balaban J connectivity index is 1.58. The number of hydrogen-bond donors (Lipinski definition) is 4. The number of carbonyl (C=O) groups is 1. The number of halogens is 2. The SMILES string of the molecule is Cc1ccc2c(Nc3cccc(Cl)c3F)nccc2c1NC(=O)c1cc(CCN)cc2c(N)ncnc12. The number of fused-ring (bicyclic) bond motifs is 2. The zero-order chi connectivity index (χ0) is 26.1. The molecule has 186 valence electrons. The van der Waals surface area contributed by atoms with Gasteiger partial charge in [-0.15, -0.1) is 0 Å². The van der Waals surface area contributed by atoms with E-state index in [-0.39, 0.29) is 22.4 Å². The van der Waals surface area contributed by atoms with Crippen molar-refractivity contribution in [2.24, 2.45) is 5.73 Å². The van der Waals surface area contributed by atoms with E-state index in [0.717, 1.165) is 16.5 Å². The molecule has 1 amide bonds. The number of nitrogen functional groups attached to an aromatic ring is 1.